The molecule has 2 aliphatic carbocycles. The molecule has 8 amide bonds. The minimum Gasteiger partial charge on any atom is -0.320 e. The van der Waals surface area contributed by atoms with Crippen LogP contribution >= 0.6 is 11.6 Å². The summed E-state index contributed by atoms with van der Waals surface area (Å²) < 4.78 is 79.8. The predicted octanol–water partition coefficient (Wildman–Crippen LogP) is 13.9. The zero-order chi connectivity index (χ0) is 69.0. The number of halogens is 7. The van der Waals surface area contributed by atoms with E-state index in [1.165, 1.54) is 55.4 Å². The van der Waals surface area contributed by atoms with E-state index in [0.29, 0.717) is 82.7 Å². The molecule has 3 aromatic carbocycles. The first-order chi connectivity index (χ1) is 46.3. The number of nitriles is 1. The Morgan fingerprint density at radius 1 is 0.495 bits per heavy atom. The lowest BCUT2D eigenvalue weighted by atomic mass is 9.81. The van der Waals surface area contributed by atoms with Crippen molar-refractivity contribution in [3.05, 3.63) is 180 Å². The quantitative estimate of drug-likeness (QED) is 0.0575. The SMILES string of the molecule is CC(C)(C)c1n[nH]c2c1CN(C(=O)Nc1ccc(F)c(F)c1)CC2.CC(C)(C)c1n[nH]c2c1CN(C(=O)Nc1ccnc(Cl)c1F)CC2.N#Cc1cc(NC(=O)N2CCc3[nH]nc(C4CCC4)c3C2)ccc1F.O=C(Nc1ccc(F)c(F)c1)N1CCc2[nH]nc(C3CCC3)c2C1. The van der Waals surface area contributed by atoms with Gasteiger partial charge in [-0.15, -0.1) is 0 Å². The molecule has 0 radical (unpaired) electrons. The van der Waals surface area contributed by atoms with E-state index in [1.54, 1.807) is 25.7 Å². The smallest absolute Gasteiger partial charge is 0.320 e. The molecular formula is C68H75ClF6N18O4. The number of aromatic nitrogens is 9. The molecular weight excluding hydrogens is 1280 g/mol. The first kappa shape index (κ1) is 68.5. The maximum Gasteiger partial charge on any atom is 0.322 e. The molecule has 6 aliphatic rings. The number of fused-ring (bicyclic) bond motifs is 4. The molecule has 510 valence electrons. The third kappa shape index (κ3) is 15.7. The normalized spacial score (nSPS) is 15.8. The van der Waals surface area contributed by atoms with Crippen LogP contribution in [0.1, 0.15) is 165 Å². The molecule has 4 aliphatic heterocycles. The van der Waals surface area contributed by atoms with Crippen molar-refractivity contribution in [2.75, 3.05) is 47.4 Å². The van der Waals surface area contributed by atoms with Gasteiger partial charge in [0.2, 0.25) is 0 Å². The lowest BCUT2D eigenvalue weighted by Crippen LogP contribution is -2.39. The van der Waals surface area contributed by atoms with Crippen molar-refractivity contribution >= 4 is 58.5 Å². The molecule has 9 heterocycles. The first-order valence-electron chi connectivity index (χ1n) is 32.2. The van der Waals surface area contributed by atoms with Gasteiger partial charge in [-0.3, -0.25) is 20.4 Å². The maximum atomic E-state index is 13.9. The third-order valence-corrected chi connectivity index (χ3v) is 18.4. The Balaban J connectivity index is 0.000000131. The topological polar surface area (TPSA) is 281 Å². The fourth-order valence-corrected chi connectivity index (χ4v) is 12.5. The van der Waals surface area contributed by atoms with Crippen molar-refractivity contribution in [1.82, 2.24) is 65.4 Å². The predicted molar refractivity (Wildman–Crippen MR) is 351 cm³/mol. The van der Waals surface area contributed by atoms with Crippen LogP contribution in [-0.2, 0) is 62.7 Å². The highest BCUT2D eigenvalue weighted by atomic mass is 35.5. The summed E-state index contributed by atoms with van der Waals surface area (Å²) in [5, 5.41) is 49.2. The summed E-state index contributed by atoms with van der Waals surface area (Å²) in [4.78, 5) is 60.2. The Morgan fingerprint density at radius 2 is 0.856 bits per heavy atom. The minimum atomic E-state index is -0.987. The molecule has 2 fully saturated rings. The van der Waals surface area contributed by atoms with Crippen LogP contribution in [0.25, 0.3) is 0 Å². The van der Waals surface area contributed by atoms with Gasteiger partial charge < -0.3 is 40.9 Å². The van der Waals surface area contributed by atoms with Gasteiger partial charge in [0, 0.05) is 155 Å². The molecule has 8 aromatic rings. The molecule has 14 rings (SSSR count). The number of H-pyrrole nitrogens is 4. The number of nitrogens with zero attached hydrogens (tertiary/aromatic N) is 10. The zero-order valence-corrected chi connectivity index (χ0v) is 55.2. The Morgan fingerprint density at radius 3 is 1.23 bits per heavy atom. The number of rotatable bonds is 6. The largest absolute Gasteiger partial charge is 0.322 e. The van der Waals surface area contributed by atoms with Crippen molar-refractivity contribution in [1.29, 1.82) is 5.26 Å². The van der Waals surface area contributed by atoms with Gasteiger partial charge in [0.15, 0.2) is 34.2 Å². The van der Waals surface area contributed by atoms with E-state index in [-0.39, 0.29) is 62.7 Å². The molecule has 8 N–H and O–H groups in total. The Kier molecular flexibility index (Phi) is 20.3. The highest BCUT2D eigenvalue weighted by Gasteiger charge is 2.35. The van der Waals surface area contributed by atoms with Gasteiger partial charge in [-0.2, -0.15) is 25.7 Å². The number of anilines is 4. The molecule has 0 unspecified atom stereocenters. The van der Waals surface area contributed by atoms with Crippen LogP contribution in [0.5, 0.6) is 0 Å². The number of carbonyl (C=O) groups is 4. The van der Waals surface area contributed by atoms with Crippen LogP contribution in [0, 0.1) is 46.2 Å². The summed E-state index contributed by atoms with van der Waals surface area (Å²) in [6.45, 7) is 16.6. The number of aromatic amines is 4. The molecule has 5 aromatic heterocycles. The van der Waals surface area contributed by atoms with E-state index >= 15 is 0 Å². The molecule has 22 nitrogen and oxygen atoms in total. The van der Waals surface area contributed by atoms with Crippen molar-refractivity contribution in [3.8, 4) is 6.07 Å². The van der Waals surface area contributed by atoms with Gasteiger partial charge in [-0.1, -0.05) is 66.0 Å². The summed E-state index contributed by atoms with van der Waals surface area (Å²) in [6, 6.07) is 12.5. The summed E-state index contributed by atoms with van der Waals surface area (Å²) in [7, 11) is 0. The number of carbonyl (C=O) groups excluding carboxylic acids is 4. The molecule has 29 heteroatoms. The van der Waals surface area contributed by atoms with Crippen LogP contribution in [0.2, 0.25) is 5.15 Å². The van der Waals surface area contributed by atoms with Gasteiger partial charge >= 0.3 is 24.1 Å². The Hall–Kier alpha value is -9.91. The maximum absolute atomic E-state index is 13.9. The number of urea groups is 4. The van der Waals surface area contributed by atoms with Gasteiger partial charge in [0.05, 0.1) is 60.2 Å². The lowest BCUT2D eigenvalue weighted by Gasteiger charge is -2.30. The van der Waals surface area contributed by atoms with Crippen molar-refractivity contribution in [2.45, 2.75) is 155 Å². The molecule has 97 heavy (non-hydrogen) atoms. The van der Waals surface area contributed by atoms with Crippen molar-refractivity contribution in [3.63, 3.8) is 0 Å². The van der Waals surface area contributed by atoms with Crippen LogP contribution in [0.3, 0.4) is 0 Å². The zero-order valence-electron chi connectivity index (χ0n) is 54.5. The van der Waals surface area contributed by atoms with E-state index in [2.05, 4.69) is 109 Å². The van der Waals surface area contributed by atoms with Crippen LogP contribution in [0.15, 0.2) is 66.9 Å². The Bertz CT molecular complexity index is 4290. The fraction of sp³-hybridized carbons (Fsp3) is 0.412. The number of amides is 8. The van der Waals surface area contributed by atoms with E-state index in [0.717, 1.165) is 131 Å². The average Bonchev–Trinajstić information content (AvgIpc) is 1.69. The molecule has 0 atom stereocenters. The van der Waals surface area contributed by atoms with E-state index in [1.807, 2.05) is 0 Å². The number of hydrogen-bond donors (Lipinski definition) is 8. The van der Waals surface area contributed by atoms with E-state index < -0.39 is 34.9 Å². The first-order valence-corrected chi connectivity index (χ1v) is 32.6. The number of benzene rings is 3. The summed E-state index contributed by atoms with van der Waals surface area (Å²) in [5.74, 6) is -4.15. The van der Waals surface area contributed by atoms with Crippen molar-refractivity contribution < 1.29 is 45.5 Å². The summed E-state index contributed by atoms with van der Waals surface area (Å²) in [5.41, 5.74) is 13.4. The van der Waals surface area contributed by atoms with Crippen LogP contribution in [0.4, 0.5) is 68.3 Å². The monoisotopic (exact) mass is 1360 g/mol. The minimum absolute atomic E-state index is 0.0223. The molecule has 0 spiro atoms. The van der Waals surface area contributed by atoms with Crippen LogP contribution < -0.4 is 21.3 Å². The number of hydrogen-bond acceptors (Lipinski definition) is 10. The molecule has 0 saturated heterocycles. The van der Waals surface area contributed by atoms with Gasteiger partial charge in [0.25, 0.3) is 0 Å². The molecule has 2 saturated carbocycles. The second-order valence-corrected chi connectivity index (χ2v) is 27.2. The third-order valence-electron chi connectivity index (χ3n) is 18.1. The average molecular weight is 1360 g/mol. The number of nitrogens with one attached hydrogen (secondary N) is 8. The van der Waals surface area contributed by atoms with Gasteiger partial charge in [-0.25, -0.2) is 50.5 Å². The second kappa shape index (κ2) is 28.8. The van der Waals surface area contributed by atoms with Gasteiger partial charge in [-0.05, 0) is 74.2 Å². The second-order valence-electron chi connectivity index (χ2n) is 26.9. The summed E-state index contributed by atoms with van der Waals surface area (Å²) in [6.07, 6.45) is 11.3. The van der Waals surface area contributed by atoms with E-state index in [4.69, 9.17) is 16.9 Å². The van der Waals surface area contributed by atoms with Crippen molar-refractivity contribution in [2.24, 2.45) is 0 Å². The molecule has 0 bridgehead atoms. The highest BCUT2D eigenvalue weighted by molar-refractivity contribution is 6.29. The fourth-order valence-electron chi connectivity index (χ4n) is 12.4. The van der Waals surface area contributed by atoms with E-state index in [9.17, 15) is 45.5 Å². The van der Waals surface area contributed by atoms with Gasteiger partial charge in [0.1, 0.15) is 11.9 Å². The highest BCUT2D eigenvalue weighted by Crippen LogP contribution is 2.41. The van der Waals surface area contributed by atoms with Crippen LogP contribution in [-0.4, -0.2) is 116 Å². The lowest BCUT2D eigenvalue weighted by molar-refractivity contribution is 0.205. The Labute approximate surface area is 560 Å². The standard InChI is InChI=1S/C18H18FN5O.C17H18F2N4O.C17H20F2N4O.C16H19ClFN5O/c19-15-5-4-13(8-12(15)9-20)21-18(25)24-7-6-16-14(10-24)17(23-22-16)11-2-1-3-11;18-13-5-4-11(8-14(13)19)20-17(24)23-7-6-15-12(9-23)16(22-21-15)10-2-1-3-10;1-17(2,3)15-11-9-23(7-6-14(11)21-22-15)16(24)20-10-4-5-12(18)13(19)8-10;1-16(2,3)13-9-8-23(7-5-10(9)21-22-13)15(24)20-11-4-6-19-14(17)12(11)18/h4-5,8,11H,1-3,6-7,10H2,(H,21,25)(H,22,23);4-5,8,10H,1-3,6-7,9H2,(H,20,24)(H,21,22);4-5,8H,6-7,9H2,1-3H3,(H,20,24)(H,21,22);4,6H,5,7-8H2,1-3H3,(H,21,22)(H,19,20,24). The number of pyridine rings is 1. The summed E-state index contributed by atoms with van der Waals surface area (Å²) >= 11 is 5.64.